The minimum atomic E-state index is 0.105. The summed E-state index contributed by atoms with van der Waals surface area (Å²) in [7, 11) is 0. The van der Waals surface area contributed by atoms with Crippen LogP contribution in [0.4, 0.5) is 0 Å². The lowest BCUT2D eigenvalue weighted by Gasteiger charge is -2.37. The van der Waals surface area contributed by atoms with Crippen LogP contribution in [0.15, 0.2) is 24.3 Å². The zero-order valence-electron chi connectivity index (χ0n) is 16.9. The van der Waals surface area contributed by atoms with Gasteiger partial charge in [-0.2, -0.15) is 0 Å². The van der Waals surface area contributed by atoms with Gasteiger partial charge in [-0.3, -0.25) is 14.5 Å². The van der Waals surface area contributed by atoms with Gasteiger partial charge in [0.05, 0.1) is 0 Å². The molecule has 0 spiro atoms. The molecular formula is C23H33N3O2. The third-order valence-electron chi connectivity index (χ3n) is 6.61. The van der Waals surface area contributed by atoms with Gasteiger partial charge in [-0.05, 0) is 56.5 Å². The van der Waals surface area contributed by atoms with E-state index in [-0.39, 0.29) is 11.8 Å². The smallest absolute Gasteiger partial charge is 0.253 e. The van der Waals surface area contributed by atoms with Crippen molar-refractivity contribution in [3.05, 3.63) is 35.4 Å². The molecule has 0 atom stereocenters. The minimum Gasteiger partial charge on any atom is -0.339 e. The second-order valence-electron chi connectivity index (χ2n) is 8.64. The topological polar surface area (TPSA) is 43.9 Å². The van der Waals surface area contributed by atoms with Gasteiger partial charge in [0.2, 0.25) is 5.91 Å². The molecule has 5 nitrogen and oxygen atoms in total. The first-order valence-electron chi connectivity index (χ1n) is 11.1. The van der Waals surface area contributed by atoms with E-state index in [9.17, 15) is 9.59 Å². The van der Waals surface area contributed by atoms with E-state index in [0.29, 0.717) is 32.1 Å². The van der Waals surface area contributed by atoms with Crippen molar-refractivity contribution in [1.29, 1.82) is 0 Å². The average molecular weight is 384 g/mol. The Kier molecular flexibility index (Phi) is 6.30. The summed E-state index contributed by atoms with van der Waals surface area (Å²) < 4.78 is 0. The molecule has 1 aromatic rings. The number of amides is 2. The summed E-state index contributed by atoms with van der Waals surface area (Å²) in [6, 6.07) is 8.10. The van der Waals surface area contributed by atoms with Gasteiger partial charge < -0.3 is 9.80 Å². The van der Waals surface area contributed by atoms with Gasteiger partial charge >= 0.3 is 0 Å². The third-order valence-corrected chi connectivity index (χ3v) is 6.61. The number of piperazine rings is 1. The van der Waals surface area contributed by atoms with Gasteiger partial charge in [-0.1, -0.05) is 31.4 Å². The van der Waals surface area contributed by atoms with Crippen LogP contribution in [0.2, 0.25) is 0 Å². The molecule has 3 fully saturated rings. The Labute approximate surface area is 168 Å². The molecule has 1 saturated carbocycles. The Hall–Kier alpha value is -1.88. The molecule has 2 aliphatic heterocycles. The largest absolute Gasteiger partial charge is 0.339 e. The third kappa shape index (κ3) is 4.57. The molecule has 0 radical (unpaired) electrons. The zero-order chi connectivity index (χ0) is 19.3. The number of benzene rings is 1. The molecular weight excluding hydrogens is 350 g/mol. The molecule has 152 valence electrons. The lowest BCUT2D eigenvalue weighted by molar-refractivity contribution is -0.138. The van der Waals surface area contributed by atoms with Crippen LogP contribution < -0.4 is 0 Å². The molecule has 1 aromatic carbocycles. The van der Waals surface area contributed by atoms with E-state index in [2.05, 4.69) is 17.0 Å². The molecule has 2 amide bonds. The van der Waals surface area contributed by atoms with Crippen LogP contribution in [0.3, 0.4) is 0 Å². The van der Waals surface area contributed by atoms with Gasteiger partial charge in [-0.25, -0.2) is 0 Å². The Bertz CT molecular complexity index is 685. The number of likely N-dealkylation sites (tertiary alicyclic amines) is 1. The Balaban J connectivity index is 1.31. The van der Waals surface area contributed by atoms with Crippen LogP contribution in [0.25, 0.3) is 0 Å². The molecule has 1 aliphatic carbocycles. The molecule has 0 bridgehead atoms. The highest BCUT2D eigenvalue weighted by molar-refractivity contribution is 5.94. The molecule has 2 heterocycles. The van der Waals surface area contributed by atoms with Crippen LogP contribution in [0.1, 0.15) is 60.9 Å². The minimum absolute atomic E-state index is 0.105. The first-order chi connectivity index (χ1) is 13.7. The van der Waals surface area contributed by atoms with Crippen LogP contribution >= 0.6 is 0 Å². The Morgan fingerprint density at radius 2 is 1.50 bits per heavy atom. The van der Waals surface area contributed by atoms with E-state index < -0.39 is 0 Å². The monoisotopic (exact) mass is 383 g/mol. The summed E-state index contributed by atoms with van der Waals surface area (Å²) in [6.07, 6.45) is 8.28. The normalized spacial score (nSPS) is 21.9. The van der Waals surface area contributed by atoms with Crippen molar-refractivity contribution in [1.82, 2.24) is 14.7 Å². The first kappa shape index (κ1) is 19.4. The summed E-state index contributed by atoms with van der Waals surface area (Å²) in [5.74, 6) is 0.644. The highest BCUT2D eigenvalue weighted by Gasteiger charge is 2.30. The van der Waals surface area contributed by atoms with E-state index in [0.717, 1.165) is 38.0 Å². The lowest BCUT2D eigenvalue weighted by atomic mass is 9.88. The molecule has 0 aromatic heterocycles. The summed E-state index contributed by atoms with van der Waals surface area (Å²) >= 11 is 0. The lowest BCUT2D eigenvalue weighted by Crippen LogP contribution is -2.52. The molecule has 0 unspecified atom stereocenters. The van der Waals surface area contributed by atoms with Crippen molar-refractivity contribution in [2.75, 3.05) is 39.3 Å². The highest BCUT2D eigenvalue weighted by Crippen LogP contribution is 2.26. The predicted molar refractivity (Wildman–Crippen MR) is 110 cm³/mol. The number of hydrogen-bond donors (Lipinski definition) is 0. The van der Waals surface area contributed by atoms with E-state index in [1.165, 1.54) is 37.7 Å². The Morgan fingerprint density at radius 3 is 2.21 bits per heavy atom. The van der Waals surface area contributed by atoms with Crippen molar-refractivity contribution in [2.24, 2.45) is 5.92 Å². The zero-order valence-corrected chi connectivity index (χ0v) is 16.9. The van der Waals surface area contributed by atoms with E-state index >= 15 is 0 Å². The number of nitrogens with zero attached hydrogens (tertiary/aromatic N) is 3. The number of carbonyl (C=O) groups excluding carboxylic acids is 2. The quantitative estimate of drug-likeness (QED) is 0.802. The van der Waals surface area contributed by atoms with Crippen molar-refractivity contribution in [3.8, 4) is 0 Å². The van der Waals surface area contributed by atoms with Crippen LogP contribution in [0.5, 0.6) is 0 Å². The fourth-order valence-corrected chi connectivity index (χ4v) is 4.92. The van der Waals surface area contributed by atoms with Crippen LogP contribution in [-0.4, -0.2) is 65.8 Å². The van der Waals surface area contributed by atoms with Crippen LogP contribution in [0, 0.1) is 5.92 Å². The molecule has 5 heteroatoms. The summed E-state index contributed by atoms with van der Waals surface area (Å²) in [4.78, 5) is 32.1. The standard InChI is InChI=1S/C23H33N3O2/c27-22(20-8-2-1-3-9-20)25-13-15-26(16-14-25)23(28)21-10-6-7-19(17-21)18-24-11-4-5-12-24/h6-7,10,17,20H,1-5,8-9,11-16,18H2. The van der Waals surface area contributed by atoms with Gasteiger partial charge in [0, 0.05) is 44.2 Å². The van der Waals surface area contributed by atoms with Crippen molar-refractivity contribution in [3.63, 3.8) is 0 Å². The summed E-state index contributed by atoms with van der Waals surface area (Å²) in [5.41, 5.74) is 2.00. The fourth-order valence-electron chi connectivity index (χ4n) is 4.92. The van der Waals surface area contributed by atoms with Crippen molar-refractivity contribution >= 4 is 11.8 Å². The highest BCUT2D eigenvalue weighted by atomic mass is 16.2. The number of hydrogen-bond acceptors (Lipinski definition) is 3. The van der Waals surface area contributed by atoms with Crippen molar-refractivity contribution < 1.29 is 9.59 Å². The van der Waals surface area contributed by atoms with E-state index in [1.807, 2.05) is 21.9 Å². The average Bonchev–Trinajstić information content (AvgIpc) is 3.27. The first-order valence-corrected chi connectivity index (χ1v) is 11.1. The van der Waals surface area contributed by atoms with Gasteiger partial charge in [-0.15, -0.1) is 0 Å². The summed E-state index contributed by atoms with van der Waals surface area (Å²) in [6.45, 7) is 5.90. The number of carbonyl (C=O) groups is 2. The molecule has 4 rings (SSSR count). The predicted octanol–water partition coefficient (Wildman–Crippen LogP) is 3.15. The van der Waals surface area contributed by atoms with Gasteiger partial charge in [0.15, 0.2) is 0 Å². The van der Waals surface area contributed by atoms with Gasteiger partial charge in [0.25, 0.3) is 5.91 Å². The SMILES string of the molecule is O=C(c1cccc(CN2CCCC2)c1)N1CCN(C(=O)C2CCCCC2)CC1. The summed E-state index contributed by atoms with van der Waals surface area (Å²) in [5, 5.41) is 0. The van der Waals surface area contributed by atoms with E-state index in [1.54, 1.807) is 0 Å². The molecule has 2 saturated heterocycles. The van der Waals surface area contributed by atoms with Gasteiger partial charge in [0.1, 0.15) is 0 Å². The number of rotatable bonds is 4. The maximum Gasteiger partial charge on any atom is 0.253 e. The maximum atomic E-state index is 13.0. The Morgan fingerprint density at radius 1 is 0.821 bits per heavy atom. The second-order valence-corrected chi connectivity index (χ2v) is 8.64. The second kappa shape index (κ2) is 9.08. The van der Waals surface area contributed by atoms with Crippen LogP contribution in [-0.2, 0) is 11.3 Å². The maximum absolute atomic E-state index is 13.0. The molecule has 0 N–H and O–H groups in total. The van der Waals surface area contributed by atoms with E-state index in [4.69, 9.17) is 0 Å². The molecule has 28 heavy (non-hydrogen) atoms. The molecule has 3 aliphatic rings. The van der Waals surface area contributed by atoms with Crippen molar-refractivity contribution in [2.45, 2.75) is 51.5 Å². The fraction of sp³-hybridized carbons (Fsp3) is 0.652.